The highest BCUT2D eigenvalue weighted by Crippen LogP contribution is 2.38. The van der Waals surface area contributed by atoms with Gasteiger partial charge in [-0.05, 0) is 30.5 Å². The third-order valence-electron chi connectivity index (χ3n) is 5.45. The van der Waals surface area contributed by atoms with Crippen molar-refractivity contribution < 1.29 is 14.6 Å². The summed E-state index contributed by atoms with van der Waals surface area (Å²) in [5.41, 5.74) is 0.910. The summed E-state index contributed by atoms with van der Waals surface area (Å²) in [6.07, 6.45) is 4.60. The minimum absolute atomic E-state index is 0.00952. The third-order valence-corrected chi connectivity index (χ3v) is 5.45. The van der Waals surface area contributed by atoms with Crippen molar-refractivity contribution in [1.82, 2.24) is 9.97 Å². The van der Waals surface area contributed by atoms with Gasteiger partial charge >= 0.3 is 0 Å². The molecule has 0 bridgehead atoms. The molecule has 8 heteroatoms. The zero-order valence-electron chi connectivity index (χ0n) is 15.8. The molecule has 2 aliphatic rings. The van der Waals surface area contributed by atoms with Crippen LogP contribution in [-0.2, 0) is 4.79 Å². The van der Waals surface area contributed by atoms with Crippen molar-refractivity contribution in [2.24, 2.45) is 0 Å². The van der Waals surface area contributed by atoms with Crippen molar-refractivity contribution in [2.75, 3.05) is 30.4 Å². The predicted octanol–water partition coefficient (Wildman–Crippen LogP) is 2.34. The lowest BCUT2D eigenvalue weighted by Gasteiger charge is -2.27. The summed E-state index contributed by atoms with van der Waals surface area (Å²) in [4.78, 5) is 34.9. The highest BCUT2D eigenvalue weighted by atomic mass is 16.5. The van der Waals surface area contributed by atoms with E-state index >= 15 is 0 Å². The Kier molecular flexibility index (Phi) is 4.93. The number of phenolic OH excluding ortho intramolecular Hbond substituents is 1. The van der Waals surface area contributed by atoms with Crippen LogP contribution in [0.4, 0.5) is 11.8 Å². The first-order valence-corrected chi connectivity index (χ1v) is 9.62. The van der Waals surface area contributed by atoms with E-state index in [-0.39, 0.29) is 23.6 Å². The van der Waals surface area contributed by atoms with E-state index in [1.807, 2.05) is 0 Å². The van der Waals surface area contributed by atoms with Crippen LogP contribution in [-0.4, -0.2) is 41.2 Å². The Balaban J connectivity index is 1.76. The fraction of sp³-hybridized carbons (Fsp3) is 0.450. The van der Waals surface area contributed by atoms with Crippen LogP contribution >= 0.6 is 0 Å². The van der Waals surface area contributed by atoms with E-state index in [1.54, 1.807) is 12.1 Å². The molecular weight excluding hydrogens is 360 g/mol. The molecule has 1 atom stereocenters. The van der Waals surface area contributed by atoms with E-state index in [1.165, 1.54) is 26.0 Å². The monoisotopic (exact) mass is 384 g/mol. The van der Waals surface area contributed by atoms with Gasteiger partial charge in [-0.2, -0.15) is 4.98 Å². The van der Waals surface area contributed by atoms with Crippen molar-refractivity contribution in [1.29, 1.82) is 0 Å². The van der Waals surface area contributed by atoms with Crippen LogP contribution in [0.25, 0.3) is 0 Å². The average Bonchev–Trinajstić information content (AvgIpc) is 2.97. The van der Waals surface area contributed by atoms with Gasteiger partial charge in [0, 0.05) is 25.4 Å². The molecule has 1 amide bonds. The number of nitrogens with zero attached hydrogens (tertiary/aromatic N) is 2. The van der Waals surface area contributed by atoms with E-state index in [9.17, 15) is 14.7 Å². The molecule has 1 saturated heterocycles. The lowest BCUT2D eigenvalue weighted by molar-refractivity contribution is -0.116. The minimum Gasteiger partial charge on any atom is -0.504 e. The van der Waals surface area contributed by atoms with Crippen molar-refractivity contribution in [3.63, 3.8) is 0 Å². The molecule has 2 aliphatic heterocycles. The number of rotatable bonds is 3. The maximum Gasteiger partial charge on any atom is 0.258 e. The summed E-state index contributed by atoms with van der Waals surface area (Å²) in [5, 5.41) is 12.6. The van der Waals surface area contributed by atoms with E-state index in [4.69, 9.17) is 4.74 Å². The number of benzene rings is 1. The molecule has 0 saturated carbocycles. The number of hydrogen-bond acceptors (Lipinski definition) is 6. The maximum absolute atomic E-state index is 13.0. The predicted molar refractivity (Wildman–Crippen MR) is 105 cm³/mol. The Morgan fingerprint density at radius 1 is 1.18 bits per heavy atom. The summed E-state index contributed by atoms with van der Waals surface area (Å²) in [6.45, 7) is 1.68. The van der Waals surface area contributed by atoms with E-state index in [2.05, 4.69) is 20.2 Å². The van der Waals surface area contributed by atoms with Crippen LogP contribution in [0.3, 0.4) is 0 Å². The second-order valence-corrected chi connectivity index (χ2v) is 7.29. The number of anilines is 2. The second kappa shape index (κ2) is 7.53. The number of methoxy groups -OCH3 is 1. The molecule has 2 aromatic rings. The fourth-order valence-electron chi connectivity index (χ4n) is 3.99. The minimum atomic E-state index is -0.451. The van der Waals surface area contributed by atoms with Gasteiger partial charge in [-0.3, -0.25) is 14.6 Å². The first-order valence-electron chi connectivity index (χ1n) is 9.62. The Morgan fingerprint density at radius 3 is 2.64 bits per heavy atom. The number of aromatic hydroxyl groups is 1. The summed E-state index contributed by atoms with van der Waals surface area (Å²) < 4.78 is 5.17. The molecule has 3 heterocycles. The normalized spacial score (nSPS) is 19.5. The van der Waals surface area contributed by atoms with Crippen LogP contribution < -0.4 is 20.5 Å². The number of carbonyl (C=O) groups excluding carboxylic acids is 1. The van der Waals surface area contributed by atoms with Gasteiger partial charge in [0.25, 0.3) is 5.56 Å². The number of amides is 1. The summed E-state index contributed by atoms with van der Waals surface area (Å²) in [7, 11) is 1.46. The van der Waals surface area contributed by atoms with Crippen LogP contribution in [0.5, 0.6) is 11.5 Å². The summed E-state index contributed by atoms with van der Waals surface area (Å²) in [5.74, 6) is 0.495. The Hall–Kier alpha value is -3.03. The summed E-state index contributed by atoms with van der Waals surface area (Å²) >= 11 is 0. The van der Waals surface area contributed by atoms with E-state index in [0.717, 1.165) is 31.5 Å². The number of carbonyl (C=O) groups is 1. The third kappa shape index (κ3) is 3.42. The largest absolute Gasteiger partial charge is 0.504 e. The number of nitrogens with one attached hydrogen (secondary N) is 2. The van der Waals surface area contributed by atoms with Crippen LogP contribution in [0.2, 0.25) is 0 Å². The molecule has 148 valence electrons. The fourth-order valence-corrected chi connectivity index (χ4v) is 3.99. The standard InChI is InChI=1S/C20H24N4O4/c1-28-15-10-12(6-7-14(15)25)13-11-16(26)21-18-17(13)19(27)23-20(22-18)24-8-4-2-3-5-9-24/h6-7,10,13,25H,2-5,8-9,11H2,1H3,(H2,21,22,23,26,27). The number of aromatic nitrogens is 2. The SMILES string of the molecule is COc1cc(C2CC(=O)Nc3nc(N4CCCCCC4)[nH]c(=O)c32)ccc1O. The molecule has 1 fully saturated rings. The molecular formula is C20H24N4O4. The number of hydrogen-bond donors (Lipinski definition) is 3. The number of phenols is 1. The average molecular weight is 384 g/mol. The van der Waals surface area contributed by atoms with E-state index in [0.29, 0.717) is 23.1 Å². The molecule has 0 spiro atoms. The highest BCUT2D eigenvalue weighted by Gasteiger charge is 2.32. The number of H-pyrrole nitrogens is 1. The topological polar surface area (TPSA) is 108 Å². The molecule has 8 nitrogen and oxygen atoms in total. The molecule has 4 rings (SSSR count). The van der Waals surface area contributed by atoms with Crippen LogP contribution in [0, 0.1) is 0 Å². The molecule has 28 heavy (non-hydrogen) atoms. The van der Waals surface area contributed by atoms with Gasteiger partial charge in [0.2, 0.25) is 11.9 Å². The summed E-state index contributed by atoms with van der Waals surface area (Å²) in [6, 6.07) is 4.87. The number of fused-ring (bicyclic) bond motifs is 1. The molecule has 1 aromatic carbocycles. The zero-order valence-corrected chi connectivity index (χ0v) is 15.8. The van der Waals surface area contributed by atoms with Gasteiger partial charge in [0.15, 0.2) is 11.5 Å². The van der Waals surface area contributed by atoms with E-state index < -0.39 is 5.92 Å². The highest BCUT2D eigenvalue weighted by molar-refractivity contribution is 5.94. The lowest BCUT2D eigenvalue weighted by Crippen LogP contribution is -2.34. The molecule has 0 aliphatic carbocycles. The van der Waals surface area contributed by atoms with Crippen molar-refractivity contribution in [3.05, 3.63) is 39.7 Å². The quantitative estimate of drug-likeness (QED) is 0.750. The van der Waals surface area contributed by atoms with Gasteiger partial charge in [-0.15, -0.1) is 0 Å². The molecule has 1 unspecified atom stereocenters. The Bertz CT molecular complexity index is 948. The van der Waals surface area contributed by atoms with Gasteiger partial charge in [0.1, 0.15) is 5.82 Å². The zero-order chi connectivity index (χ0) is 19.7. The maximum atomic E-state index is 13.0. The van der Waals surface area contributed by atoms with Crippen LogP contribution in [0.1, 0.15) is 49.1 Å². The number of ether oxygens (including phenoxy) is 1. The van der Waals surface area contributed by atoms with Crippen molar-refractivity contribution in [2.45, 2.75) is 38.0 Å². The molecule has 0 radical (unpaired) electrons. The lowest BCUT2D eigenvalue weighted by atomic mass is 9.86. The smallest absolute Gasteiger partial charge is 0.258 e. The molecule has 1 aromatic heterocycles. The Morgan fingerprint density at radius 2 is 1.93 bits per heavy atom. The first-order chi connectivity index (χ1) is 13.6. The van der Waals surface area contributed by atoms with Gasteiger partial charge in [-0.25, -0.2) is 0 Å². The van der Waals surface area contributed by atoms with Crippen molar-refractivity contribution in [3.8, 4) is 11.5 Å². The second-order valence-electron chi connectivity index (χ2n) is 7.29. The number of aromatic amines is 1. The van der Waals surface area contributed by atoms with Gasteiger partial charge in [-0.1, -0.05) is 18.9 Å². The molecule has 3 N–H and O–H groups in total. The van der Waals surface area contributed by atoms with Crippen molar-refractivity contribution >= 4 is 17.7 Å². The van der Waals surface area contributed by atoms with Gasteiger partial charge < -0.3 is 20.1 Å². The van der Waals surface area contributed by atoms with Crippen LogP contribution in [0.15, 0.2) is 23.0 Å². The Labute approximate surface area is 162 Å². The first kappa shape index (κ1) is 18.3. The van der Waals surface area contributed by atoms with Gasteiger partial charge in [0.05, 0.1) is 12.7 Å².